The Morgan fingerprint density at radius 1 is 0.900 bits per heavy atom. The Balaban J connectivity index is 0.871. The van der Waals surface area contributed by atoms with Gasteiger partial charge in [-0.2, -0.15) is 0 Å². The molecule has 0 aliphatic carbocycles. The number of hydrogen-bond donors (Lipinski definition) is 4. The Bertz CT molecular complexity index is 2640. The number of ether oxygens (including phenoxy) is 1. The van der Waals surface area contributed by atoms with E-state index in [-0.39, 0.29) is 48.3 Å². The summed E-state index contributed by atoms with van der Waals surface area (Å²) in [6, 6.07) is 20.7. The summed E-state index contributed by atoms with van der Waals surface area (Å²) in [4.78, 5) is 73.8. The first-order chi connectivity index (χ1) is 29.2. The van der Waals surface area contributed by atoms with Gasteiger partial charge in [0, 0.05) is 91.6 Å². The van der Waals surface area contributed by atoms with Gasteiger partial charge in [0.1, 0.15) is 11.7 Å². The molecule has 4 N–H and O–H groups in total. The third-order valence-electron chi connectivity index (χ3n) is 11.7. The Kier molecular flexibility index (Phi) is 10.5. The highest BCUT2D eigenvalue weighted by molar-refractivity contribution is 6.07. The van der Waals surface area contributed by atoms with E-state index in [0.29, 0.717) is 42.9 Å². The minimum absolute atomic E-state index is 0.00895. The first-order valence-corrected chi connectivity index (χ1v) is 20.4. The van der Waals surface area contributed by atoms with Crippen LogP contribution in [-0.4, -0.2) is 76.2 Å². The molecule has 2 atom stereocenters. The number of rotatable bonds is 7. The van der Waals surface area contributed by atoms with Gasteiger partial charge in [-0.15, -0.1) is 0 Å². The van der Waals surface area contributed by atoms with Crippen LogP contribution in [-0.2, 0) is 25.7 Å². The summed E-state index contributed by atoms with van der Waals surface area (Å²) in [7, 11) is 0. The summed E-state index contributed by atoms with van der Waals surface area (Å²) in [5.74, 6) is 5.18. The molecule has 13 heteroatoms. The lowest BCUT2D eigenvalue weighted by molar-refractivity contribution is -0.137. The molecule has 5 amide bonds. The maximum absolute atomic E-state index is 13.1. The van der Waals surface area contributed by atoms with Crippen LogP contribution < -0.4 is 21.3 Å². The molecule has 4 aliphatic rings. The average molecular weight is 802 g/mol. The van der Waals surface area contributed by atoms with Gasteiger partial charge >= 0.3 is 0 Å². The average Bonchev–Trinajstić information content (AvgIpc) is 3.51. The molecule has 4 aliphatic heterocycles. The quantitative estimate of drug-likeness (QED) is 0.0885. The van der Waals surface area contributed by atoms with Crippen molar-refractivity contribution in [2.24, 2.45) is 0 Å². The molecular formula is C47H43N7O6. The van der Waals surface area contributed by atoms with Crippen LogP contribution >= 0.6 is 0 Å². The highest BCUT2D eigenvalue weighted by Crippen LogP contribution is 2.43. The zero-order valence-corrected chi connectivity index (χ0v) is 33.1. The van der Waals surface area contributed by atoms with Crippen LogP contribution in [0.2, 0.25) is 0 Å². The number of aromatic nitrogens is 2. The van der Waals surface area contributed by atoms with Crippen molar-refractivity contribution < 1.29 is 28.7 Å². The molecule has 6 heterocycles. The molecule has 3 aromatic carbocycles. The summed E-state index contributed by atoms with van der Waals surface area (Å²) < 4.78 is 5.65. The molecule has 302 valence electrons. The molecule has 13 nitrogen and oxygen atoms in total. The topological polar surface area (TPSA) is 172 Å². The maximum Gasteiger partial charge on any atom is 0.269 e. The van der Waals surface area contributed by atoms with Gasteiger partial charge in [0.2, 0.25) is 17.7 Å². The van der Waals surface area contributed by atoms with E-state index >= 15 is 0 Å². The Morgan fingerprint density at radius 3 is 2.55 bits per heavy atom. The summed E-state index contributed by atoms with van der Waals surface area (Å²) in [6.07, 6.45) is 6.61. The number of carbonyl (C=O) groups excluding carboxylic acids is 5. The van der Waals surface area contributed by atoms with Crippen LogP contribution in [0.1, 0.15) is 88.9 Å². The SMILES string of the molecule is C[C@@H]1CC(=O)Nc2cc(C3CCOCC3)cc(-c3cccc4cc(-c5ccc(C(=O)NCCC#Cc6cccc7c6CN(C6CCC(=O)NC6=O)C7=O)nc5)ncc34)c2N1. The number of pyridine rings is 2. The van der Waals surface area contributed by atoms with Crippen molar-refractivity contribution >= 4 is 51.7 Å². The number of benzene rings is 3. The predicted molar refractivity (Wildman–Crippen MR) is 226 cm³/mol. The van der Waals surface area contributed by atoms with Gasteiger partial charge < -0.3 is 25.6 Å². The number of amides is 5. The Morgan fingerprint density at radius 2 is 1.73 bits per heavy atom. The second-order valence-corrected chi connectivity index (χ2v) is 15.7. The van der Waals surface area contributed by atoms with E-state index in [1.807, 2.05) is 37.4 Å². The lowest BCUT2D eigenvalue weighted by Crippen LogP contribution is -2.52. The lowest BCUT2D eigenvalue weighted by atomic mass is 9.87. The van der Waals surface area contributed by atoms with Crippen molar-refractivity contribution in [1.82, 2.24) is 25.5 Å². The standard InChI is InChI=1S/C47H43N7O6/c1-27-20-43(56)52-40-23-32(28-15-18-60-19-16-28)21-35(44(40)51-27)33-9-5-8-30-22-39(50-25-36(30)33)31-11-12-38(49-24-31)45(57)48-17-3-2-6-29-7-4-10-34-37(29)26-54(47(34)59)41-13-14-42(55)53-46(41)58/h4-5,7-12,21-25,27-28,41,51H,3,13-20,26H2,1H3,(H,48,57)(H,52,56)(H,53,55,58)/t27-,41?/m1/s1. The van der Waals surface area contributed by atoms with E-state index in [1.165, 1.54) is 10.5 Å². The number of nitrogens with zero attached hydrogens (tertiary/aromatic N) is 3. The fourth-order valence-electron chi connectivity index (χ4n) is 8.61. The Labute approximate surface area is 346 Å². The smallest absolute Gasteiger partial charge is 0.269 e. The van der Waals surface area contributed by atoms with Crippen molar-refractivity contribution in [2.45, 2.75) is 70.0 Å². The monoisotopic (exact) mass is 801 g/mol. The largest absolute Gasteiger partial charge is 0.381 e. The fourth-order valence-corrected chi connectivity index (χ4v) is 8.61. The molecule has 2 saturated heterocycles. The second kappa shape index (κ2) is 16.4. The summed E-state index contributed by atoms with van der Waals surface area (Å²) in [6.45, 7) is 3.99. The van der Waals surface area contributed by atoms with Gasteiger partial charge in [0.25, 0.3) is 11.8 Å². The summed E-state index contributed by atoms with van der Waals surface area (Å²) >= 11 is 0. The van der Waals surface area contributed by atoms with Crippen molar-refractivity contribution in [3.05, 3.63) is 107 Å². The Hall–Kier alpha value is -6.91. The van der Waals surface area contributed by atoms with Crippen molar-refractivity contribution in [3.63, 3.8) is 0 Å². The van der Waals surface area contributed by atoms with Crippen molar-refractivity contribution in [3.8, 4) is 34.2 Å². The predicted octanol–water partition coefficient (Wildman–Crippen LogP) is 5.93. The summed E-state index contributed by atoms with van der Waals surface area (Å²) in [5, 5.41) is 13.9. The molecule has 0 spiro atoms. The third-order valence-corrected chi connectivity index (χ3v) is 11.7. The minimum atomic E-state index is -0.694. The van der Waals surface area contributed by atoms with E-state index in [9.17, 15) is 24.0 Å². The van der Waals surface area contributed by atoms with Gasteiger partial charge in [-0.25, -0.2) is 0 Å². The van der Waals surface area contributed by atoms with E-state index in [4.69, 9.17) is 9.72 Å². The zero-order valence-electron chi connectivity index (χ0n) is 33.1. The van der Waals surface area contributed by atoms with E-state index in [0.717, 1.165) is 76.2 Å². The van der Waals surface area contributed by atoms with Crippen LogP contribution in [0.5, 0.6) is 0 Å². The summed E-state index contributed by atoms with van der Waals surface area (Å²) in [5.41, 5.74) is 8.61. The number of piperidine rings is 1. The van der Waals surface area contributed by atoms with Crippen LogP contribution in [0.4, 0.5) is 11.4 Å². The molecule has 1 unspecified atom stereocenters. The maximum atomic E-state index is 13.1. The van der Waals surface area contributed by atoms with Gasteiger partial charge in [-0.3, -0.25) is 39.3 Å². The molecule has 60 heavy (non-hydrogen) atoms. The molecule has 2 aromatic heterocycles. The first-order valence-electron chi connectivity index (χ1n) is 20.4. The number of nitrogens with one attached hydrogen (secondary N) is 4. The van der Waals surface area contributed by atoms with Crippen molar-refractivity contribution in [2.75, 3.05) is 30.4 Å². The fraction of sp³-hybridized carbons (Fsp3) is 0.298. The van der Waals surface area contributed by atoms with Gasteiger partial charge in [0.05, 0.1) is 17.1 Å². The molecule has 2 fully saturated rings. The van der Waals surface area contributed by atoms with Crippen LogP contribution in [0, 0.1) is 11.8 Å². The number of fused-ring (bicyclic) bond motifs is 3. The minimum Gasteiger partial charge on any atom is -0.381 e. The number of hydrogen-bond acceptors (Lipinski definition) is 9. The van der Waals surface area contributed by atoms with Gasteiger partial charge in [-0.1, -0.05) is 36.1 Å². The normalized spacial score (nSPS) is 19.0. The highest BCUT2D eigenvalue weighted by Gasteiger charge is 2.39. The molecule has 0 saturated carbocycles. The van der Waals surface area contributed by atoms with Gasteiger partial charge in [-0.05, 0) is 96.6 Å². The van der Waals surface area contributed by atoms with Gasteiger partial charge in [0.15, 0.2) is 0 Å². The van der Waals surface area contributed by atoms with E-state index < -0.39 is 11.9 Å². The number of imide groups is 1. The van der Waals surface area contributed by atoms with E-state index in [2.05, 4.69) is 62.4 Å². The second-order valence-electron chi connectivity index (χ2n) is 15.7. The van der Waals surface area contributed by atoms with Crippen LogP contribution in [0.3, 0.4) is 0 Å². The number of anilines is 2. The highest BCUT2D eigenvalue weighted by atomic mass is 16.5. The lowest BCUT2D eigenvalue weighted by Gasteiger charge is -2.29. The molecule has 9 rings (SSSR count). The molecule has 5 aromatic rings. The third kappa shape index (κ3) is 7.69. The van der Waals surface area contributed by atoms with E-state index in [1.54, 1.807) is 24.4 Å². The first kappa shape index (κ1) is 38.6. The van der Waals surface area contributed by atoms with Crippen LogP contribution in [0.25, 0.3) is 33.2 Å². The zero-order chi connectivity index (χ0) is 41.3. The number of carbonyl (C=O) groups is 5. The van der Waals surface area contributed by atoms with Crippen LogP contribution in [0.15, 0.2) is 79.1 Å². The van der Waals surface area contributed by atoms with Crippen molar-refractivity contribution in [1.29, 1.82) is 0 Å². The molecular weight excluding hydrogens is 759 g/mol. The molecule has 0 radical (unpaired) electrons. The molecule has 0 bridgehead atoms.